The molecule has 0 aliphatic rings. The summed E-state index contributed by atoms with van der Waals surface area (Å²) in [6.07, 6.45) is 71.8. The first-order valence-corrected chi connectivity index (χ1v) is 32.3. The second kappa shape index (κ2) is 59.3. The molecule has 0 aliphatic carbocycles. The molecule has 446 valence electrons. The highest BCUT2D eigenvalue weighted by Gasteiger charge is 2.28. The van der Waals surface area contributed by atoms with E-state index < -0.39 is 57.8 Å². The summed E-state index contributed by atoms with van der Waals surface area (Å²) in [6, 6.07) is 0. The van der Waals surface area contributed by atoms with Crippen molar-refractivity contribution >= 4 is 25.7 Å². The van der Waals surface area contributed by atoms with Crippen molar-refractivity contribution in [2.45, 2.75) is 264 Å². The molecule has 3 atom stereocenters. The Morgan fingerprint density at radius 2 is 0.667 bits per heavy atom. The van der Waals surface area contributed by atoms with Crippen molar-refractivity contribution in [1.29, 1.82) is 0 Å². The molecule has 3 unspecified atom stereocenters. The monoisotopic (exact) mass is 1110 g/mol. The van der Waals surface area contributed by atoms with Gasteiger partial charge in [0.25, 0.3) is 0 Å². The number of esters is 3. The third kappa shape index (κ3) is 56.8. The van der Waals surface area contributed by atoms with Gasteiger partial charge in [0.1, 0.15) is 12.7 Å². The van der Waals surface area contributed by atoms with E-state index in [1.54, 1.807) is 0 Å². The van der Waals surface area contributed by atoms with Crippen LogP contribution in [0, 0.1) is 0 Å². The number of unbranched alkanes of at least 4 members (excludes halogenated alkanes) is 21. The first-order valence-electron chi connectivity index (χ1n) is 30.8. The van der Waals surface area contributed by atoms with Crippen molar-refractivity contribution in [2.75, 3.05) is 26.4 Å². The van der Waals surface area contributed by atoms with E-state index >= 15 is 0 Å². The van der Waals surface area contributed by atoms with Crippen LogP contribution in [0.4, 0.5) is 0 Å². The van der Waals surface area contributed by atoms with E-state index in [4.69, 9.17) is 23.3 Å². The number of hydrogen-bond acceptors (Lipinski definition) is 10. The summed E-state index contributed by atoms with van der Waals surface area (Å²) < 4.78 is 39.6. The van der Waals surface area contributed by atoms with E-state index in [1.807, 2.05) is 0 Å². The molecule has 0 heterocycles. The molecule has 0 spiro atoms. The van der Waals surface area contributed by atoms with Crippen molar-refractivity contribution in [3.63, 3.8) is 0 Å². The van der Waals surface area contributed by atoms with Crippen LogP contribution in [-0.4, -0.2) is 66.5 Å². The molecule has 0 rings (SSSR count). The van der Waals surface area contributed by atoms with Crippen LogP contribution in [-0.2, 0) is 42.2 Å². The number of allylic oxidation sites excluding steroid dienone is 18. The normalized spacial score (nSPS) is 14.1. The van der Waals surface area contributed by atoms with Crippen LogP contribution in [0.2, 0.25) is 0 Å². The Kier molecular flexibility index (Phi) is 56.3. The van der Waals surface area contributed by atoms with E-state index in [9.17, 15) is 28.9 Å². The van der Waals surface area contributed by atoms with Crippen LogP contribution >= 0.6 is 7.82 Å². The van der Waals surface area contributed by atoms with Gasteiger partial charge in [0.15, 0.2) is 6.10 Å². The lowest BCUT2D eigenvalue weighted by atomic mass is 10.1. The first-order chi connectivity index (χ1) is 38.2. The van der Waals surface area contributed by atoms with Gasteiger partial charge >= 0.3 is 25.7 Å². The van der Waals surface area contributed by atoms with Crippen LogP contribution in [0.3, 0.4) is 0 Å². The predicted octanol–water partition coefficient (Wildman–Crippen LogP) is 18.6. The molecule has 0 saturated heterocycles. The number of ether oxygens (including phenoxy) is 3. The third-order valence-corrected chi connectivity index (χ3v) is 13.6. The summed E-state index contributed by atoms with van der Waals surface area (Å²) in [4.78, 5) is 48.7. The molecular weight excluding hydrogens is 1000 g/mol. The molecule has 0 fully saturated rings. The van der Waals surface area contributed by atoms with Crippen LogP contribution in [0.5, 0.6) is 0 Å². The Labute approximate surface area is 475 Å². The number of hydrogen-bond donors (Lipinski definition) is 2. The van der Waals surface area contributed by atoms with Gasteiger partial charge in [0, 0.05) is 19.3 Å². The SMILES string of the molecule is CC/C=C\C/C=C\C/C=C\C/C=C\CCCCCCCCC(=O)OCC(COP(=O)(O)OCC(CO)OC(=O)CCCCC/C=C\C/C=C\C/C=C\CC)OC(=O)CCCCCCCCCCC/C=C\C/C=C\CCCCC. The van der Waals surface area contributed by atoms with Gasteiger partial charge < -0.3 is 24.2 Å². The molecule has 0 aromatic carbocycles. The number of rotatable bonds is 56. The maximum absolute atomic E-state index is 12.9. The molecule has 0 amide bonds. The standard InChI is InChI=1S/C66H111O11P/c1-4-7-10-13-16-19-22-25-27-29-31-33-35-38-40-43-46-49-52-55-64(68)73-59-63(77-66(70)57-54-51-48-45-42-39-36-34-32-30-28-26-23-20-17-14-11-8-5-2)61-75-78(71,72)74-60-62(58-67)76-65(69)56-53-50-47-44-41-37-24-21-18-15-12-9-6-3/h7,9-10,12,16-21,25-28,31,33,37,41,62-63,67H,4-6,8,11,13-15,22-24,29-30,32,34-36,38-40,42-61H2,1-3H3,(H,71,72)/b10-7-,12-9-,19-16-,20-17-,21-18-,27-25-,28-26-,33-31-,41-37-. The second-order valence-corrected chi connectivity index (χ2v) is 21.6. The fourth-order valence-corrected chi connectivity index (χ4v) is 8.82. The minimum absolute atomic E-state index is 0.136. The molecule has 0 bridgehead atoms. The molecule has 12 heteroatoms. The molecule has 0 aliphatic heterocycles. The maximum Gasteiger partial charge on any atom is 0.472 e. The Morgan fingerprint density at radius 1 is 0.372 bits per heavy atom. The molecule has 0 saturated carbocycles. The van der Waals surface area contributed by atoms with Crippen molar-refractivity contribution < 1.29 is 52.2 Å². The lowest BCUT2D eigenvalue weighted by Crippen LogP contribution is -2.30. The summed E-state index contributed by atoms with van der Waals surface area (Å²) >= 11 is 0. The first kappa shape index (κ1) is 74.1. The van der Waals surface area contributed by atoms with E-state index in [1.165, 1.54) is 57.8 Å². The zero-order valence-electron chi connectivity index (χ0n) is 49.3. The van der Waals surface area contributed by atoms with Gasteiger partial charge in [-0.2, -0.15) is 0 Å². The van der Waals surface area contributed by atoms with Gasteiger partial charge in [-0.05, 0) is 122 Å². The van der Waals surface area contributed by atoms with Gasteiger partial charge in [0.2, 0.25) is 0 Å². The van der Waals surface area contributed by atoms with Gasteiger partial charge in [-0.1, -0.05) is 220 Å². The summed E-state index contributed by atoms with van der Waals surface area (Å²) in [6.45, 7) is 4.35. The lowest BCUT2D eigenvalue weighted by Gasteiger charge is -2.21. The number of aliphatic hydroxyl groups excluding tert-OH is 1. The predicted molar refractivity (Wildman–Crippen MR) is 325 cm³/mol. The second-order valence-electron chi connectivity index (χ2n) is 20.1. The van der Waals surface area contributed by atoms with Crippen molar-refractivity contribution in [3.05, 3.63) is 109 Å². The molecule has 11 nitrogen and oxygen atoms in total. The summed E-state index contributed by atoms with van der Waals surface area (Å²) in [5, 5.41) is 9.82. The van der Waals surface area contributed by atoms with Crippen molar-refractivity contribution in [1.82, 2.24) is 0 Å². The number of carbonyl (C=O) groups excluding carboxylic acids is 3. The van der Waals surface area contributed by atoms with E-state index in [0.29, 0.717) is 19.3 Å². The Morgan fingerprint density at radius 3 is 1.04 bits per heavy atom. The third-order valence-electron chi connectivity index (χ3n) is 12.7. The summed E-state index contributed by atoms with van der Waals surface area (Å²) in [5.74, 6) is -1.52. The van der Waals surface area contributed by atoms with Crippen LogP contribution in [0.25, 0.3) is 0 Å². The maximum atomic E-state index is 12.9. The Bertz CT molecular complexity index is 1720. The average Bonchev–Trinajstić information content (AvgIpc) is 3.43. The fourth-order valence-electron chi connectivity index (χ4n) is 8.04. The Hall–Kier alpha value is -3.86. The molecule has 0 radical (unpaired) electrons. The number of phosphoric ester groups is 1. The summed E-state index contributed by atoms with van der Waals surface area (Å²) in [5.41, 5.74) is 0. The van der Waals surface area contributed by atoms with Gasteiger partial charge in [-0.3, -0.25) is 23.4 Å². The highest BCUT2D eigenvalue weighted by molar-refractivity contribution is 7.47. The van der Waals surface area contributed by atoms with Gasteiger partial charge in [-0.15, -0.1) is 0 Å². The largest absolute Gasteiger partial charge is 0.472 e. The minimum atomic E-state index is -4.77. The molecule has 0 aromatic heterocycles. The van der Waals surface area contributed by atoms with Crippen LogP contribution in [0.15, 0.2) is 109 Å². The molecule has 78 heavy (non-hydrogen) atoms. The smallest absolute Gasteiger partial charge is 0.462 e. The highest BCUT2D eigenvalue weighted by atomic mass is 31.2. The zero-order valence-corrected chi connectivity index (χ0v) is 50.2. The van der Waals surface area contributed by atoms with Gasteiger partial charge in [-0.25, -0.2) is 4.57 Å². The van der Waals surface area contributed by atoms with E-state index in [0.717, 1.165) is 135 Å². The van der Waals surface area contributed by atoms with E-state index in [2.05, 4.69) is 130 Å². The van der Waals surface area contributed by atoms with Gasteiger partial charge in [0.05, 0.1) is 19.8 Å². The number of carbonyl (C=O) groups is 3. The van der Waals surface area contributed by atoms with Crippen molar-refractivity contribution in [3.8, 4) is 0 Å². The topological polar surface area (TPSA) is 155 Å². The number of aliphatic hydroxyl groups is 1. The van der Waals surface area contributed by atoms with Crippen molar-refractivity contribution in [2.24, 2.45) is 0 Å². The van der Waals surface area contributed by atoms with Crippen LogP contribution < -0.4 is 0 Å². The highest BCUT2D eigenvalue weighted by Crippen LogP contribution is 2.43. The summed E-state index contributed by atoms with van der Waals surface area (Å²) in [7, 11) is -4.77. The molecule has 2 N–H and O–H groups in total. The zero-order chi connectivity index (χ0) is 56.9. The average molecular weight is 1110 g/mol. The quantitative estimate of drug-likeness (QED) is 0.0197. The molecule has 0 aromatic rings. The van der Waals surface area contributed by atoms with E-state index in [-0.39, 0.29) is 25.9 Å². The minimum Gasteiger partial charge on any atom is -0.462 e. The lowest BCUT2D eigenvalue weighted by molar-refractivity contribution is -0.161. The molecular formula is C66H111O11P. The number of phosphoric acid groups is 1. The fraction of sp³-hybridized carbons (Fsp3) is 0.682. The Balaban J connectivity index is 4.78. The van der Waals surface area contributed by atoms with Crippen LogP contribution in [0.1, 0.15) is 252 Å².